The molecule has 0 saturated carbocycles. The predicted octanol–water partition coefficient (Wildman–Crippen LogP) is -0.327. The van der Waals surface area contributed by atoms with Gasteiger partial charge >= 0.3 is 18.2 Å². The Morgan fingerprint density at radius 2 is 1.20 bits per heavy atom. The molecule has 0 amide bonds. The van der Waals surface area contributed by atoms with Gasteiger partial charge < -0.3 is 41.4 Å². The van der Waals surface area contributed by atoms with Crippen molar-refractivity contribution < 1.29 is 51.9 Å². The van der Waals surface area contributed by atoms with E-state index in [0.717, 1.165) is 10.9 Å². The van der Waals surface area contributed by atoms with E-state index in [1.165, 1.54) is 17.2 Å². The van der Waals surface area contributed by atoms with E-state index in [1.54, 1.807) is 0 Å². The molecule has 0 radical (unpaired) electrons. The zero-order valence-corrected chi connectivity index (χ0v) is 19.9. The van der Waals surface area contributed by atoms with Gasteiger partial charge in [-0.3, -0.25) is 9.13 Å². The summed E-state index contributed by atoms with van der Waals surface area (Å²) < 4.78 is 75.4. The first kappa shape index (κ1) is 27.8. The number of nitrogen functional groups attached to an aromatic ring is 2. The van der Waals surface area contributed by atoms with Crippen LogP contribution in [0.15, 0.2) is 42.7 Å². The Bertz CT molecular complexity index is 1690. The van der Waals surface area contributed by atoms with Crippen LogP contribution >= 0.6 is 0 Å². The fourth-order valence-corrected chi connectivity index (χ4v) is 4.07. The lowest BCUT2D eigenvalue weighted by Crippen LogP contribution is -2.27. The molecule has 0 aromatic carbocycles. The highest BCUT2D eigenvalue weighted by Crippen LogP contribution is 2.37. The second kappa shape index (κ2) is 10.3. The lowest BCUT2D eigenvalue weighted by molar-refractivity contribution is -0.0124. The lowest BCUT2D eigenvalue weighted by Gasteiger charge is -2.15. The van der Waals surface area contributed by atoms with Gasteiger partial charge in [-0.2, -0.15) is 31.9 Å². The van der Waals surface area contributed by atoms with E-state index < -0.39 is 66.6 Å². The first-order chi connectivity index (χ1) is 19.4. The van der Waals surface area contributed by atoms with Crippen LogP contribution in [-0.4, -0.2) is 83.9 Å². The minimum absolute atomic E-state index is 0.0137. The molecule has 0 aliphatic carbocycles. The molecule has 2 aliphatic heterocycles. The highest BCUT2D eigenvalue weighted by molar-refractivity contribution is 5.81. The zero-order chi connectivity index (χ0) is 29.7. The molecule has 2 saturated heterocycles. The van der Waals surface area contributed by atoms with Crippen molar-refractivity contribution in [2.75, 3.05) is 11.5 Å². The van der Waals surface area contributed by atoms with Crippen LogP contribution in [0, 0.1) is 6.08 Å². The molecule has 2 fully saturated rings. The Labute approximate surface area is 222 Å². The number of rotatable bonds is 2. The van der Waals surface area contributed by atoms with Gasteiger partial charge in [0.2, 0.25) is 12.5 Å². The standard InChI is InChI=1S/C10H8F3N5O3.C10H9F2N5O3/c11-6(12)5-3(19)4(20)9(21-5)18-1-15-2-7(14)16-10(13)17-8(2)18;11-7(12)6-4(18)5(19)10(20-6)17-2-16-3-8(13)14-1-15-9(3)17/h1,3-4,9,19-20H,(H2,14,16,17);1-2,4-5,10,18-19H,(H2,13,14,15)/t3-,4+,9+;4-,5-,10+/m00/s1. The fraction of sp³-hybridized carbons (Fsp3) is 0.300. The summed E-state index contributed by atoms with van der Waals surface area (Å²) in [5, 5.41) is 38.6. The first-order valence-electron chi connectivity index (χ1n) is 11.1. The van der Waals surface area contributed by atoms with Crippen molar-refractivity contribution in [1.82, 2.24) is 39.0 Å². The number of imidazole rings is 2. The van der Waals surface area contributed by atoms with Crippen LogP contribution in [0.5, 0.6) is 0 Å². The SMILES string of the molecule is Nc1nc(F)nc2c1ncn2[C@@H]1OC(=C(F)F)[C@@H](O)[C@H]1O.Nc1ncnc2c1ncn2[C@@H]1OC(=C(F)F)[C@@H](O)[C@@H]1O. The summed E-state index contributed by atoms with van der Waals surface area (Å²) in [6.45, 7) is 0. The summed E-state index contributed by atoms with van der Waals surface area (Å²) in [5.74, 6) is -2.17. The number of hydrogen-bond acceptors (Lipinski definition) is 14. The molecule has 6 rings (SSSR count). The van der Waals surface area contributed by atoms with Crippen LogP contribution < -0.4 is 11.5 Å². The molecular formula is C20H17F5N10O6. The summed E-state index contributed by atoms with van der Waals surface area (Å²) in [7, 11) is 0. The van der Waals surface area contributed by atoms with Crippen molar-refractivity contribution in [3.63, 3.8) is 0 Å². The Morgan fingerprint density at radius 3 is 1.68 bits per heavy atom. The monoisotopic (exact) mass is 588 g/mol. The topological polar surface area (TPSA) is 239 Å². The number of hydrogen-bond donors (Lipinski definition) is 6. The third kappa shape index (κ3) is 4.69. The van der Waals surface area contributed by atoms with Gasteiger partial charge in [0.15, 0.2) is 40.0 Å². The van der Waals surface area contributed by atoms with Crippen molar-refractivity contribution in [2.24, 2.45) is 0 Å². The number of halogens is 5. The van der Waals surface area contributed by atoms with Crippen LogP contribution in [0.4, 0.5) is 33.6 Å². The fourth-order valence-electron chi connectivity index (χ4n) is 4.07. The molecule has 8 N–H and O–H groups in total. The second-order valence-electron chi connectivity index (χ2n) is 8.42. The number of aliphatic hydroxyl groups excluding tert-OH is 4. The number of nitrogens with two attached hydrogens (primary N) is 2. The number of aliphatic hydroxyl groups is 4. The zero-order valence-electron chi connectivity index (χ0n) is 19.9. The molecule has 16 nitrogen and oxygen atoms in total. The van der Waals surface area contributed by atoms with E-state index in [1.807, 2.05) is 0 Å². The van der Waals surface area contributed by atoms with E-state index in [0.29, 0.717) is 0 Å². The van der Waals surface area contributed by atoms with Crippen molar-refractivity contribution in [1.29, 1.82) is 0 Å². The summed E-state index contributed by atoms with van der Waals surface area (Å²) >= 11 is 0. The number of nitrogens with zero attached hydrogens (tertiary/aromatic N) is 8. The Morgan fingerprint density at radius 1 is 0.707 bits per heavy atom. The molecule has 6 atom stereocenters. The number of ether oxygens (including phenoxy) is 2. The van der Waals surface area contributed by atoms with Crippen LogP contribution in [0.1, 0.15) is 12.5 Å². The van der Waals surface area contributed by atoms with Gasteiger partial charge in [0.05, 0.1) is 0 Å². The van der Waals surface area contributed by atoms with Crippen molar-refractivity contribution >= 4 is 34.0 Å². The second-order valence-corrected chi connectivity index (χ2v) is 8.42. The molecule has 218 valence electrons. The largest absolute Gasteiger partial charge is 0.463 e. The van der Waals surface area contributed by atoms with E-state index in [-0.39, 0.29) is 34.0 Å². The average Bonchev–Trinajstić information content (AvgIpc) is 3.66. The van der Waals surface area contributed by atoms with Gasteiger partial charge in [-0.15, -0.1) is 0 Å². The van der Waals surface area contributed by atoms with Gasteiger partial charge in [-0.1, -0.05) is 0 Å². The molecule has 0 bridgehead atoms. The number of aromatic nitrogens is 8. The molecule has 4 aromatic rings. The van der Waals surface area contributed by atoms with E-state index in [4.69, 9.17) is 20.9 Å². The van der Waals surface area contributed by atoms with E-state index >= 15 is 0 Å². The average molecular weight is 588 g/mol. The lowest BCUT2D eigenvalue weighted by atomic mass is 10.2. The third-order valence-electron chi connectivity index (χ3n) is 5.99. The summed E-state index contributed by atoms with van der Waals surface area (Å²) in [6.07, 6.45) is -11.9. The summed E-state index contributed by atoms with van der Waals surface area (Å²) in [5.41, 5.74) is 11.4. The van der Waals surface area contributed by atoms with Gasteiger partial charge in [-0.05, 0) is 0 Å². The minimum atomic E-state index is -2.27. The van der Waals surface area contributed by atoms with Gasteiger partial charge in [0.1, 0.15) is 48.9 Å². The molecule has 0 spiro atoms. The van der Waals surface area contributed by atoms with Crippen molar-refractivity contribution in [3.05, 3.63) is 48.7 Å². The van der Waals surface area contributed by atoms with Crippen LogP contribution in [0.3, 0.4) is 0 Å². The van der Waals surface area contributed by atoms with Crippen LogP contribution in [0.25, 0.3) is 22.3 Å². The molecule has 2 aliphatic rings. The first-order valence-corrected chi connectivity index (χ1v) is 11.1. The molecule has 6 heterocycles. The minimum Gasteiger partial charge on any atom is -0.463 e. The predicted molar refractivity (Wildman–Crippen MR) is 122 cm³/mol. The highest BCUT2D eigenvalue weighted by atomic mass is 19.3. The quantitative estimate of drug-likeness (QED) is 0.130. The van der Waals surface area contributed by atoms with Gasteiger partial charge in [0, 0.05) is 0 Å². The number of anilines is 2. The van der Waals surface area contributed by atoms with Crippen LogP contribution in [0.2, 0.25) is 0 Å². The smallest absolute Gasteiger partial charge is 0.312 e. The molecule has 21 heteroatoms. The Kier molecular flexibility index (Phi) is 7.02. The molecule has 0 unspecified atom stereocenters. The number of fused-ring (bicyclic) bond motifs is 2. The molecule has 41 heavy (non-hydrogen) atoms. The molecule has 4 aromatic heterocycles. The van der Waals surface area contributed by atoms with Gasteiger partial charge in [0.25, 0.3) is 0 Å². The van der Waals surface area contributed by atoms with Crippen LogP contribution in [-0.2, 0) is 9.47 Å². The van der Waals surface area contributed by atoms with E-state index in [9.17, 15) is 42.4 Å². The third-order valence-corrected chi connectivity index (χ3v) is 5.99. The summed E-state index contributed by atoms with van der Waals surface area (Å²) in [6, 6.07) is 0. The van der Waals surface area contributed by atoms with Crippen molar-refractivity contribution in [2.45, 2.75) is 36.9 Å². The summed E-state index contributed by atoms with van der Waals surface area (Å²) in [4.78, 5) is 22.1. The normalized spacial score (nSPS) is 25.7. The van der Waals surface area contributed by atoms with E-state index in [2.05, 4.69) is 29.9 Å². The van der Waals surface area contributed by atoms with Crippen molar-refractivity contribution in [3.8, 4) is 0 Å². The maximum atomic E-state index is 13.2. The molecular weight excluding hydrogens is 571 g/mol. The Hall–Kier alpha value is -4.73. The van der Waals surface area contributed by atoms with Gasteiger partial charge in [-0.25, -0.2) is 19.9 Å². The highest BCUT2D eigenvalue weighted by Gasteiger charge is 2.45. The Balaban J connectivity index is 0.000000165. The maximum absolute atomic E-state index is 13.2. The maximum Gasteiger partial charge on any atom is 0.312 e.